The highest BCUT2D eigenvalue weighted by molar-refractivity contribution is 6.10. The average molecular weight is 466 g/mol. The minimum Gasteiger partial charge on any atom is -0.309 e. The zero-order chi connectivity index (χ0) is 24.0. The van der Waals surface area contributed by atoms with Gasteiger partial charge in [-0.05, 0) is 66.9 Å². The van der Waals surface area contributed by atoms with Crippen LogP contribution < -0.4 is 0 Å². The van der Waals surface area contributed by atoms with Crippen molar-refractivity contribution in [2.75, 3.05) is 0 Å². The molecule has 0 N–H and O–H groups in total. The molecule has 0 atom stereocenters. The summed E-state index contributed by atoms with van der Waals surface area (Å²) in [5, 5.41) is 2.53. The van der Waals surface area contributed by atoms with E-state index >= 15 is 0 Å². The van der Waals surface area contributed by atoms with E-state index in [2.05, 4.69) is 94.5 Å². The second kappa shape index (κ2) is 8.46. The third kappa shape index (κ3) is 3.27. The monoisotopic (exact) mass is 465 g/mol. The van der Waals surface area contributed by atoms with Gasteiger partial charge in [0.05, 0.1) is 22.4 Å². The molecule has 0 aliphatic heterocycles. The van der Waals surface area contributed by atoms with Gasteiger partial charge in [-0.15, -0.1) is 0 Å². The Labute approximate surface area is 211 Å². The Bertz CT molecular complexity index is 1680. The zero-order valence-electron chi connectivity index (χ0n) is 20.1. The molecule has 1 saturated carbocycles. The lowest BCUT2D eigenvalue weighted by atomic mass is 9.75. The molecule has 0 bridgehead atoms. The van der Waals surface area contributed by atoms with Crippen molar-refractivity contribution in [2.45, 2.75) is 31.1 Å². The van der Waals surface area contributed by atoms with E-state index in [1.54, 1.807) is 0 Å². The summed E-state index contributed by atoms with van der Waals surface area (Å²) in [6.45, 7) is 0. The summed E-state index contributed by atoms with van der Waals surface area (Å²) in [5.41, 5.74) is 8.28. The standard InChI is InChI=1S/C33H27N3/c1-2-14-30-27(12-1)28-17-16-24(29-13-3-7-20-34-29)22-31(28)36(30)26-11-9-10-25(23-26)33(18-5-6-19-33)32-15-4-8-21-35-32/h1-4,7-17,20-23H,5-6,18-19H2. The molecule has 3 nitrogen and oxygen atoms in total. The number of nitrogens with zero attached hydrogens (tertiary/aromatic N) is 3. The summed E-state index contributed by atoms with van der Waals surface area (Å²) < 4.78 is 2.42. The first-order chi connectivity index (χ1) is 17.8. The van der Waals surface area contributed by atoms with E-state index < -0.39 is 0 Å². The molecule has 3 heterocycles. The Morgan fingerprint density at radius 1 is 0.611 bits per heavy atom. The van der Waals surface area contributed by atoms with Crippen LogP contribution in [0.3, 0.4) is 0 Å². The lowest BCUT2D eigenvalue weighted by molar-refractivity contribution is 0.518. The second-order valence-electron chi connectivity index (χ2n) is 9.85. The smallest absolute Gasteiger partial charge is 0.0702 e. The fraction of sp³-hybridized carbons (Fsp3) is 0.152. The van der Waals surface area contributed by atoms with Crippen LogP contribution in [0.25, 0.3) is 38.8 Å². The summed E-state index contributed by atoms with van der Waals surface area (Å²) in [6, 6.07) is 37.0. The van der Waals surface area contributed by atoms with Crippen LogP contribution in [-0.4, -0.2) is 14.5 Å². The third-order valence-electron chi connectivity index (χ3n) is 7.90. The van der Waals surface area contributed by atoms with Gasteiger partial charge in [0.2, 0.25) is 0 Å². The van der Waals surface area contributed by atoms with Crippen molar-refractivity contribution in [2.24, 2.45) is 0 Å². The van der Waals surface area contributed by atoms with E-state index in [-0.39, 0.29) is 5.41 Å². The minimum absolute atomic E-state index is 0.0187. The van der Waals surface area contributed by atoms with E-state index in [0.29, 0.717) is 0 Å². The van der Waals surface area contributed by atoms with Gasteiger partial charge in [0.25, 0.3) is 0 Å². The lowest BCUT2D eigenvalue weighted by Crippen LogP contribution is -2.25. The van der Waals surface area contributed by atoms with E-state index in [0.717, 1.165) is 24.1 Å². The first-order valence-corrected chi connectivity index (χ1v) is 12.8. The van der Waals surface area contributed by atoms with E-state index in [1.807, 2.05) is 30.6 Å². The Morgan fingerprint density at radius 2 is 1.39 bits per heavy atom. The van der Waals surface area contributed by atoms with Crippen molar-refractivity contribution < 1.29 is 0 Å². The van der Waals surface area contributed by atoms with Gasteiger partial charge in [0.15, 0.2) is 0 Å². The average Bonchev–Trinajstić information content (AvgIpc) is 3.58. The van der Waals surface area contributed by atoms with Crippen LogP contribution in [0.2, 0.25) is 0 Å². The molecule has 0 unspecified atom stereocenters. The van der Waals surface area contributed by atoms with E-state index in [1.165, 1.54) is 51.6 Å². The Morgan fingerprint density at radius 3 is 2.19 bits per heavy atom. The molecule has 3 heteroatoms. The third-order valence-corrected chi connectivity index (χ3v) is 7.90. The van der Waals surface area contributed by atoms with Crippen LogP contribution in [0.15, 0.2) is 116 Å². The molecule has 3 aromatic heterocycles. The summed E-state index contributed by atoms with van der Waals surface area (Å²) in [7, 11) is 0. The van der Waals surface area contributed by atoms with Gasteiger partial charge in [0, 0.05) is 39.8 Å². The second-order valence-corrected chi connectivity index (χ2v) is 9.85. The highest BCUT2D eigenvalue weighted by Crippen LogP contribution is 2.46. The summed E-state index contributed by atoms with van der Waals surface area (Å²) in [6.07, 6.45) is 8.56. The summed E-state index contributed by atoms with van der Waals surface area (Å²) in [5.74, 6) is 0. The number of aromatic nitrogens is 3. The molecule has 0 radical (unpaired) electrons. The molecule has 7 rings (SSSR count). The van der Waals surface area contributed by atoms with Gasteiger partial charge >= 0.3 is 0 Å². The lowest BCUT2D eigenvalue weighted by Gasteiger charge is -2.29. The molecule has 0 saturated heterocycles. The largest absolute Gasteiger partial charge is 0.309 e. The van der Waals surface area contributed by atoms with Crippen molar-refractivity contribution in [3.8, 4) is 16.9 Å². The quantitative estimate of drug-likeness (QED) is 0.263. The van der Waals surface area contributed by atoms with Crippen molar-refractivity contribution in [3.63, 3.8) is 0 Å². The molecule has 1 fully saturated rings. The molecule has 174 valence electrons. The van der Waals surface area contributed by atoms with Gasteiger partial charge < -0.3 is 4.57 Å². The Hall–Kier alpha value is -4.24. The zero-order valence-corrected chi connectivity index (χ0v) is 20.1. The van der Waals surface area contributed by atoms with Gasteiger partial charge in [0.1, 0.15) is 0 Å². The highest BCUT2D eigenvalue weighted by atomic mass is 15.0. The maximum absolute atomic E-state index is 4.83. The summed E-state index contributed by atoms with van der Waals surface area (Å²) >= 11 is 0. The van der Waals surface area contributed by atoms with Crippen LogP contribution in [0.5, 0.6) is 0 Å². The maximum atomic E-state index is 4.83. The predicted molar refractivity (Wildman–Crippen MR) is 147 cm³/mol. The van der Waals surface area contributed by atoms with Gasteiger partial charge in [-0.1, -0.05) is 67.4 Å². The fourth-order valence-corrected chi connectivity index (χ4v) is 6.20. The topological polar surface area (TPSA) is 30.7 Å². The van der Waals surface area contributed by atoms with E-state index in [4.69, 9.17) is 4.98 Å². The van der Waals surface area contributed by atoms with E-state index in [9.17, 15) is 0 Å². The number of para-hydroxylation sites is 1. The van der Waals surface area contributed by atoms with Crippen molar-refractivity contribution in [3.05, 3.63) is 127 Å². The van der Waals surface area contributed by atoms with Gasteiger partial charge in [-0.2, -0.15) is 0 Å². The van der Waals surface area contributed by atoms with Crippen LogP contribution in [-0.2, 0) is 5.41 Å². The molecule has 1 aliphatic carbocycles. The molecule has 1 aliphatic rings. The SMILES string of the molecule is c1ccc(-c2ccc3c4ccccc4n(-c4cccc(C5(c6ccccn6)CCCC5)c4)c3c2)nc1. The first kappa shape index (κ1) is 21.1. The molecule has 0 spiro atoms. The number of rotatable bonds is 4. The molecular formula is C33H27N3. The summed E-state index contributed by atoms with van der Waals surface area (Å²) in [4.78, 5) is 9.44. The molecular weight excluding hydrogens is 438 g/mol. The van der Waals surface area contributed by atoms with Crippen molar-refractivity contribution in [1.82, 2.24) is 14.5 Å². The molecule has 3 aromatic carbocycles. The molecule has 0 amide bonds. The molecule has 36 heavy (non-hydrogen) atoms. The van der Waals surface area contributed by atoms with Crippen LogP contribution in [0.1, 0.15) is 36.9 Å². The van der Waals surface area contributed by atoms with Crippen LogP contribution in [0, 0.1) is 0 Å². The molecule has 6 aromatic rings. The van der Waals surface area contributed by atoms with Gasteiger partial charge in [-0.3, -0.25) is 9.97 Å². The highest BCUT2D eigenvalue weighted by Gasteiger charge is 2.38. The minimum atomic E-state index is -0.0187. The first-order valence-electron chi connectivity index (χ1n) is 12.8. The van der Waals surface area contributed by atoms with Crippen molar-refractivity contribution in [1.29, 1.82) is 0 Å². The van der Waals surface area contributed by atoms with Crippen LogP contribution >= 0.6 is 0 Å². The number of hydrogen-bond acceptors (Lipinski definition) is 2. The number of benzene rings is 3. The van der Waals surface area contributed by atoms with Crippen molar-refractivity contribution >= 4 is 21.8 Å². The Balaban J connectivity index is 1.46. The van der Waals surface area contributed by atoms with Gasteiger partial charge in [-0.25, -0.2) is 0 Å². The predicted octanol–water partition coefficient (Wildman–Crippen LogP) is 8.10. The van der Waals surface area contributed by atoms with Crippen LogP contribution in [0.4, 0.5) is 0 Å². The number of fused-ring (bicyclic) bond motifs is 3. The normalized spacial score (nSPS) is 15.0. The number of hydrogen-bond donors (Lipinski definition) is 0. The number of pyridine rings is 2. The fourth-order valence-electron chi connectivity index (χ4n) is 6.20. The maximum Gasteiger partial charge on any atom is 0.0702 e. The Kier molecular flexibility index (Phi) is 4.95.